The van der Waals surface area contributed by atoms with Crippen molar-refractivity contribution in [2.75, 3.05) is 19.6 Å². The second kappa shape index (κ2) is 4.79. The maximum absolute atomic E-state index is 3.88. The van der Waals surface area contributed by atoms with Crippen molar-refractivity contribution >= 4 is 0 Å². The number of hydrogen-bond acceptors (Lipinski definition) is 2. The molecule has 0 aromatic rings. The lowest BCUT2D eigenvalue weighted by atomic mass is 9.89. The van der Waals surface area contributed by atoms with Gasteiger partial charge in [0, 0.05) is 25.2 Å². The molecule has 0 radical (unpaired) electrons. The monoisotopic (exact) mass is 248 g/mol. The van der Waals surface area contributed by atoms with E-state index in [1.807, 2.05) is 0 Å². The van der Waals surface area contributed by atoms with Gasteiger partial charge in [-0.25, -0.2) is 0 Å². The lowest BCUT2D eigenvalue weighted by molar-refractivity contribution is 0.125. The van der Waals surface area contributed by atoms with Crippen molar-refractivity contribution in [3.8, 4) is 0 Å². The zero-order valence-corrected chi connectivity index (χ0v) is 11.6. The van der Waals surface area contributed by atoms with E-state index >= 15 is 0 Å². The summed E-state index contributed by atoms with van der Waals surface area (Å²) in [6.07, 6.45) is 12.0. The van der Waals surface area contributed by atoms with Gasteiger partial charge in [0.15, 0.2) is 0 Å². The van der Waals surface area contributed by atoms with E-state index in [9.17, 15) is 0 Å². The molecule has 2 heteroatoms. The number of rotatable bonds is 6. The van der Waals surface area contributed by atoms with Crippen molar-refractivity contribution in [1.82, 2.24) is 10.2 Å². The maximum atomic E-state index is 3.88. The smallest absolute Gasteiger partial charge is 0.0198 e. The molecule has 18 heavy (non-hydrogen) atoms. The van der Waals surface area contributed by atoms with Crippen molar-refractivity contribution in [2.45, 2.75) is 63.5 Å². The Hall–Kier alpha value is -0.0800. The molecule has 0 amide bonds. The fourth-order valence-corrected chi connectivity index (χ4v) is 3.78. The van der Waals surface area contributed by atoms with Gasteiger partial charge >= 0.3 is 0 Å². The highest BCUT2D eigenvalue weighted by Gasteiger charge is 2.38. The van der Waals surface area contributed by atoms with Gasteiger partial charge in [-0.2, -0.15) is 0 Å². The van der Waals surface area contributed by atoms with Gasteiger partial charge in [0.1, 0.15) is 0 Å². The van der Waals surface area contributed by atoms with Gasteiger partial charge < -0.3 is 5.32 Å². The van der Waals surface area contributed by atoms with Gasteiger partial charge in [0.2, 0.25) is 0 Å². The van der Waals surface area contributed by atoms with Crippen LogP contribution in [0.1, 0.15) is 51.4 Å². The highest BCUT2D eigenvalue weighted by Crippen LogP contribution is 2.39. The summed E-state index contributed by atoms with van der Waals surface area (Å²) in [5.74, 6) is 3.14. The van der Waals surface area contributed by atoms with Crippen LogP contribution < -0.4 is 5.32 Å². The third-order valence-electron chi connectivity index (χ3n) is 5.38. The van der Waals surface area contributed by atoms with Gasteiger partial charge in [-0.15, -0.1) is 0 Å². The number of hydrogen-bond donors (Lipinski definition) is 1. The second-order valence-electron chi connectivity index (χ2n) is 7.51. The molecule has 4 rings (SSSR count). The van der Waals surface area contributed by atoms with E-state index in [1.54, 1.807) is 0 Å². The number of likely N-dealkylation sites (tertiary alicyclic amines) is 1. The van der Waals surface area contributed by atoms with Crippen molar-refractivity contribution in [3.05, 3.63) is 0 Å². The topological polar surface area (TPSA) is 15.3 Å². The van der Waals surface area contributed by atoms with E-state index in [0.29, 0.717) is 0 Å². The molecule has 4 aliphatic rings. The molecule has 2 nitrogen and oxygen atoms in total. The first-order valence-electron chi connectivity index (χ1n) is 8.34. The molecule has 0 bridgehead atoms. The molecular weight excluding hydrogens is 220 g/mol. The van der Waals surface area contributed by atoms with E-state index in [2.05, 4.69) is 10.2 Å². The summed E-state index contributed by atoms with van der Waals surface area (Å²) in [5.41, 5.74) is 0. The molecule has 102 valence electrons. The highest BCUT2D eigenvalue weighted by atomic mass is 15.2. The lowest BCUT2D eigenvalue weighted by Gasteiger charge is -2.38. The molecular formula is C16H28N2. The van der Waals surface area contributed by atoms with Gasteiger partial charge in [-0.1, -0.05) is 12.8 Å². The molecule has 1 saturated heterocycles. The summed E-state index contributed by atoms with van der Waals surface area (Å²) in [7, 11) is 0. The fraction of sp³-hybridized carbons (Fsp3) is 1.00. The molecule has 4 fully saturated rings. The Morgan fingerprint density at radius 2 is 1.61 bits per heavy atom. The lowest BCUT2D eigenvalue weighted by Crippen LogP contribution is -2.50. The fourth-order valence-electron chi connectivity index (χ4n) is 3.78. The van der Waals surface area contributed by atoms with Gasteiger partial charge in [-0.05, 0) is 62.8 Å². The normalized spacial score (nSPS) is 38.0. The number of nitrogens with zero attached hydrogens (tertiary/aromatic N) is 1. The summed E-state index contributed by atoms with van der Waals surface area (Å²) in [5, 5.41) is 3.88. The minimum Gasteiger partial charge on any atom is -0.312 e. The second-order valence-corrected chi connectivity index (χ2v) is 7.51. The third kappa shape index (κ3) is 3.08. The summed E-state index contributed by atoms with van der Waals surface area (Å²) < 4.78 is 0. The average Bonchev–Trinajstić information content (AvgIpc) is 3.24. The standard InChI is InChI=1S/C16H28N2/c1-2-12(1)7-14-8-15(17-9-13-3-4-13)11-18(10-14)16-5-6-16/h12-17H,1-11H2. The van der Waals surface area contributed by atoms with Crippen LogP contribution in [0.15, 0.2) is 0 Å². The minimum atomic E-state index is 0.809. The van der Waals surface area contributed by atoms with Crippen LogP contribution in [0.4, 0.5) is 0 Å². The molecule has 1 heterocycles. The van der Waals surface area contributed by atoms with Crippen LogP contribution in [0.5, 0.6) is 0 Å². The molecule has 3 aliphatic carbocycles. The van der Waals surface area contributed by atoms with Crippen molar-refractivity contribution in [2.24, 2.45) is 17.8 Å². The Kier molecular flexibility index (Phi) is 3.12. The quantitative estimate of drug-likeness (QED) is 0.777. The van der Waals surface area contributed by atoms with Crippen LogP contribution in [0, 0.1) is 17.8 Å². The number of nitrogens with one attached hydrogen (secondary N) is 1. The van der Waals surface area contributed by atoms with Crippen LogP contribution in [0.2, 0.25) is 0 Å². The van der Waals surface area contributed by atoms with Crippen LogP contribution >= 0.6 is 0 Å². The van der Waals surface area contributed by atoms with E-state index in [4.69, 9.17) is 0 Å². The van der Waals surface area contributed by atoms with Crippen molar-refractivity contribution < 1.29 is 0 Å². The molecule has 0 aromatic heterocycles. The molecule has 3 saturated carbocycles. The van der Waals surface area contributed by atoms with E-state index in [0.717, 1.165) is 29.8 Å². The molecule has 2 atom stereocenters. The summed E-state index contributed by atoms with van der Waals surface area (Å²) >= 11 is 0. The molecule has 1 aliphatic heterocycles. The van der Waals surface area contributed by atoms with E-state index in [1.165, 1.54) is 71.0 Å². The van der Waals surface area contributed by atoms with E-state index in [-0.39, 0.29) is 0 Å². The summed E-state index contributed by atoms with van der Waals surface area (Å²) in [6.45, 7) is 4.07. The Labute approximate surface area is 111 Å². The van der Waals surface area contributed by atoms with Crippen molar-refractivity contribution in [3.63, 3.8) is 0 Å². The Balaban J connectivity index is 1.31. The zero-order chi connectivity index (χ0) is 11.9. The Bertz CT molecular complexity index is 291. The largest absolute Gasteiger partial charge is 0.312 e. The van der Waals surface area contributed by atoms with Crippen LogP contribution in [-0.4, -0.2) is 36.6 Å². The summed E-state index contributed by atoms with van der Waals surface area (Å²) in [4.78, 5) is 2.82. The zero-order valence-electron chi connectivity index (χ0n) is 11.6. The average molecular weight is 248 g/mol. The summed E-state index contributed by atoms with van der Waals surface area (Å²) in [6, 6.07) is 1.78. The first kappa shape index (κ1) is 11.7. The Morgan fingerprint density at radius 1 is 0.833 bits per heavy atom. The third-order valence-corrected chi connectivity index (χ3v) is 5.38. The Morgan fingerprint density at radius 3 is 2.28 bits per heavy atom. The molecule has 0 spiro atoms. The number of piperidine rings is 1. The first-order chi connectivity index (χ1) is 8.87. The molecule has 2 unspecified atom stereocenters. The molecule has 0 aromatic carbocycles. The predicted molar refractivity (Wildman–Crippen MR) is 74.6 cm³/mol. The highest BCUT2D eigenvalue weighted by molar-refractivity contribution is 4.94. The van der Waals surface area contributed by atoms with E-state index < -0.39 is 0 Å². The van der Waals surface area contributed by atoms with Crippen LogP contribution in [0.3, 0.4) is 0 Å². The predicted octanol–water partition coefficient (Wildman–Crippen LogP) is 2.64. The van der Waals surface area contributed by atoms with Gasteiger partial charge in [0.25, 0.3) is 0 Å². The maximum Gasteiger partial charge on any atom is 0.0198 e. The van der Waals surface area contributed by atoms with Gasteiger partial charge in [0.05, 0.1) is 0 Å². The first-order valence-corrected chi connectivity index (χ1v) is 8.34. The van der Waals surface area contributed by atoms with Crippen LogP contribution in [0.25, 0.3) is 0 Å². The molecule has 1 N–H and O–H groups in total. The van der Waals surface area contributed by atoms with Crippen molar-refractivity contribution in [1.29, 1.82) is 0 Å². The SMILES string of the molecule is C1CC1CNC1CC(CC2CC2)CN(C2CC2)C1. The minimum absolute atomic E-state index is 0.809. The van der Waals surface area contributed by atoms with Crippen LogP contribution in [-0.2, 0) is 0 Å². The van der Waals surface area contributed by atoms with Gasteiger partial charge in [-0.3, -0.25) is 4.90 Å².